The Morgan fingerprint density at radius 3 is 2.54 bits per heavy atom. The van der Waals surface area contributed by atoms with E-state index in [-0.39, 0.29) is 30.8 Å². The molecule has 0 saturated heterocycles. The average Bonchev–Trinajstić information content (AvgIpc) is 3.24. The molecule has 3 amide bonds. The van der Waals surface area contributed by atoms with Crippen molar-refractivity contribution in [1.82, 2.24) is 20.0 Å². The van der Waals surface area contributed by atoms with Crippen LogP contribution in [-0.2, 0) is 9.59 Å². The molecule has 28 heavy (non-hydrogen) atoms. The van der Waals surface area contributed by atoms with Crippen molar-refractivity contribution in [3.63, 3.8) is 0 Å². The number of imide groups is 1. The highest BCUT2D eigenvalue weighted by Gasteiger charge is 2.30. The normalized spacial score (nSPS) is 13.9. The number of β-amino-alcohol motifs (C(OH)–C–C–N with tert-alkyl or cyclic N) is 1. The summed E-state index contributed by atoms with van der Waals surface area (Å²) in [4.78, 5) is 36.9. The van der Waals surface area contributed by atoms with Crippen LogP contribution in [0.4, 0.5) is 5.69 Å². The maximum atomic E-state index is 12.2. The molecule has 0 spiro atoms. The number of benzene rings is 1. The minimum atomic E-state index is -0.476. The summed E-state index contributed by atoms with van der Waals surface area (Å²) >= 11 is 0. The standard InChI is InChI=1S/C19H21N5O4/c1-12(2)20-18(27)15-7-8-24(22-15)14-5-3-13(4-6-14)21-16-11-17(26)23(9-10-25)19(16)28/h3-8,11-12,21,25H,9-10H2,1-2H3,(H,20,27). The fourth-order valence-electron chi connectivity index (χ4n) is 2.69. The first-order chi connectivity index (χ1) is 13.4. The number of hydrogen-bond donors (Lipinski definition) is 3. The lowest BCUT2D eigenvalue weighted by Gasteiger charge is -2.13. The first-order valence-corrected chi connectivity index (χ1v) is 8.81. The molecule has 0 aliphatic carbocycles. The molecular formula is C19H21N5O4. The minimum absolute atomic E-state index is 0.0239. The molecule has 0 atom stereocenters. The number of rotatable bonds is 7. The summed E-state index contributed by atoms with van der Waals surface area (Å²) in [6.45, 7) is 3.43. The maximum absolute atomic E-state index is 12.2. The highest BCUT2D eigenvalue weighted by Crippen LogP contribution is 2.19. The van der Waals surface area contributed by atoms with Crippen LogP contribution in [0.1, 0.15) is 24.3 Å². The van der Waals surface area contributed by atoms with E-state index < -0.39 is 11.8 Å². The highest BCUT2D eigenvalue weighted by molar-refractivity contribution is 6.17. The SMILES string of the molecule is CC(C)NC(=O)c1ccn(-c2ccc(NC3=CC(=O)N(CCO)C3=O)cc2)n1. The van der Waals surface area contributed by atoms with E-state index in [4.69, 9.17) is 5.11 Å². The zero-order valence-electron chi connectivity index (χ0n) is 15.5. The summed E-state index contributed by atoms with van der Waals surface area (Å²) in [7, 11) is 0. The van der Waals surface area contributed by atoms with Crippen molar-refractivity contribution in [1.29, 1.82) is 0 Å². The fraction of sp³-hybridized carbons (Fsp3) is 0.263. The third kappa shape index (κ3) is 4.09. The fourth-order valence-corrected chi connectivity index (χ4v) is 2.69. The lowest BCUT2D eigenvalue weighted by Crippen LogP contribution is -2.34. The van der Waals surface area contributed by atoms with Crippen LogP contribution >= 0.6 is 0 Å². The number of anilines is 1. The average molecular weight is 383 g/mol. The predicted octanol–water partition coefficient (Wildman–Crippen LogP) is 0.667. The zero-order chi connectivity index (χ0) is 20.3. The molecule has 1 aliphatic rings. The van der Waals surface area contributed by atoms with Crippen LogP contribution < -0.4 is 10.6 Å². The second-order valence-corrected chi connectivity index (χ2v) is 6.52. The van der Waals surface area contributed by atoms with Gasteiger partial charge in [-0.15, -0.1) is 0 Å². The van der Waals surface area contributed by atoms with E-state index in [1.54, 1.807) is 41.2 Å². The Balaban J connectivity index is 1.69. The topological polar surface area (TPSA) is 117 Å². The monoisotopic (exact) mass is 383 g/mol. The lowest BCUT2D eigenvalue weighted by molar-refractivity contribution is -0.137. The molecular weight excluding hydrogens is 362 g/mol. The quantitative estimate of drug-likeness (QED) is 0.605. The molecule has 146 valence electrons. The summed E-state index contributed by atoms with van der Waals surface area (Å²) in [5.74, 6) is -1.17. The van der Waals surface area contributed by atoms with Gasteiger partial charge < -0.3 is 15.7 Å². The Labute approximate surface area is 161 Å². The van der Waals surface area contributed by atoms with Crippen molar-refractivity contribution in [3.05, 3.63) is 54.0 Å². The molecule has 2 heterocycles. The van der Waals surface area contributed by atoms with Gasteiger partial charge in [0.15, 0.2) is 5.69 Å². The summed E-state index contributed by atoms with van der Waals surface area (Å²) in [6.07, 6.45) is 2.89. The predicted molar refractivity (Wildman–Crippen MR) is 102 cm³/mol. The molecule has 0 saturated carbocycles. The molecule has 3 rings (SSSR count). The Morgan fingerprint density at radius 1 is 1.18 bits per heavy atom. The summed E-state index contributed by atoms with van der Waals surface area (Å²) in [5, 5.41) is 18.9. The lowest BCUT2D eigenvalue weighted by atomic mass is 10.2. The number of nitrogens with one attached hydrogen (secondary N) is 2. The largest absolute Gasteiger partial charge is 0.395 e. The van der Waals surface area contributed by atoms with Gasteiger partial charge in [-0.1, -0.05) is 0 Å². The van der Waals surface area contributed by atoms with Crippen molar-refractivity contribution in [3.8, 4) is 5.69 Å². The third-order valence-corrected chi connectivity index (χ3v) is 3.99. The molecule has 0 unspecified atom stereocenters. The molecule has 3 N–H and O–H groups in total. The Hall–Kier alpha value is -3.46. The van der Waals surface area contributed by atoms with Crippen molar-refractivity contribution in [2.24, 2.45) is 0 Å². The van der Waals surface area contributed by atoms with Crippen LogP contribution in [0.15, 0.2) is 48.3 Å². The van der Waals surface area contributed by atoms with Gasteiger partial charge in [0.05, 0.1) is 18.8 Å². The zero-order valence-corrected chi connectivity index (χ0v) is 15.5. The molecule has 1 aromatic heterocycles. The van der Waals surface area contributed by atoms with E-state index >= 15 is 0 Å². The minimum Gasteiger partial charge on any atom is -0.395 e. The van der Waals surface area contributed by atoms with Crippen LogP contribution in [0.3, 0.4) is 0 Å². The second kappa shape index (κ2) is 8.05. The Bertz CT molecular complexity index is 930. The number of aliphatic hydroxyl groups is 1. The van der Waals surface area contributed by atoms with Crippen molar-refractivity contribution >= 4 is 23.4 Å². The van der Waals surface area contributed by atoms with Gasteiger partial charge in [-0.25, -0.2) is 4.68 Å². The van der Waals surface area contributed by atoms with Gasteiger partial charge in [0.25, 0.3) is 17.7 Å². The van der Waals surface area contributed by atoms with Crippen molar-refractivity contribution in [2.75, 3.05) is 18.5 Å². The highest BCUT2D eigenvalue weighted by atomic mass is 16.3. The molecule has 2 aromatic rings. The van der Waals surface area contributed by atoms with E-state index in [1.165, 1.54) is 6.08 Å². The number of aromatic nitrogens is 2. The molecule has 9 nitrogen and oxygen atoms in total. The summed E-state index contributed by atoms with van der Waals surface area (Å²) in [5.41, 5.74) is 1.82. The van der Waals surface area contributed by atoms with Crippen molar-refractivity contribution < 1.29 is 19.5 Å². The maximum Gasteiger partial charge on any atom is 0.277 e. The second-order valence-electron chi connectivity index (χ2n) is 6.52. The van der Waals surface area contributed by atoms with Crippen LogP contribution in [-0.4, -0.2) is 56.7 Å². The van der Waals surface area contributed by atoms with Crippen molar-refractivity contribution in [2.45, 2.75) is 19.9 Å². The van der Waals surface area contributed by atoms with Gasteiger partial charge in [-0.2, -0.15) is 5.10 Å². The molecule has 0 bridgehead atoms. The van der Waals surface area contributed by atoms with Crippen LogP contribution in [0.5, 0.6) is 0 Å². The van der Waals surface area contributed by atoms with Gasteiger partial charge >= 0.3 is 0 Å². The Morgan fingerprint density at radius 2 is 1.89 bits per heavy atom. The number of aliphatic hydroxyl groups excluding tert-OH is 1. The number of carbonyl (C=O) groups excluding carboxylic acids is 3. The van der Waals surface area contributed by atoms with Gasteiger partial charge in [-0.3, -0.25) is 19.3 Å². The first kappa shape index (κ1) is 19.3. The van der Waals surface area contributed by atoms with Crippen LogP contribution in [0.25, 0.3) is 5.69 Å². The third-order valence-electron chi connectivity index (χ3n) is 3.99. The van der Waals surface area contributed by atoms with E-state index in [9.17, 15) is 14.4 Å². The van der Waals surface area contributed by atoms with Gasteiger partial charge in [0.2, 0.25) is 0 Å². The van der Waals surface area contributed by atoms with E-state index in [2.05, 4.69) is 15.7 Å². The summed E-state index contributed by atoms with van der Waals surface area (Å²) < 4.78 is 1.57. The molecule has 9 heteroatoms. The molecule has 1 aromatic carbocycles. The first-order valence-electron chi connectivity index (χ1n) is 8.81. The van der Waals surface area contributed by atoms with Gasteiger partial charge in [0, 0.05) is 24.0 Å². The van der Waals surface area contributed by atoms with E-state index in [0.29, 0.717) is 11.4 Å². The number of carbonyl (C=O) groups is 3. The molecule has 1 aliphatic heterocycles. The van der Waals surface area contributed by atoms with Crippen LogP contribution in [0, 0.1) is 0 Å². The molecule has 0 radical (unpaired) electrons. The Kier molecular flexibility index (Phi) is 5.55. The van der Waals surface area contributed by atoms with Gasteiger partial charge in [-0.05, 0) is 44.2 Å². The van der Waals surface area contributed by atoms with Gasteiger partial charge in [0.1, 0.15) is 5.70 Å². The number of amides is 3. The number of hydrogen-bond acceptors (Lipinski definition) is 6. The summed E-state index contributed by atoms with van der Waals surface area (Å²) in [6, 6.07) is 8.67. The van der Waals surface area contributed by atoms with E-state index in [0.717, 1.165) is 10.6 Å². The van der Waals surface area contributed by atoms with E-state index in [1.807, 2.05) is 13.8 Å². The van der Waals surface area contributed by atoms with Crippen LogP contribution in [0.2, 0.25) is 0 Å². The molecule has 0 fully saturated rings. The number of nitrogens with zero attached hydrogens (tertiary/aromatic N) is 3. The smallest absolute Gasteiger partial charge is 0.277 e.